The molecule has 144 valence electrons. The number of rotatable bonds is 3. The van der Waals surface area contributed by atoms with Gasteiger partial charge >= 0.3 is 0 Å². The van der Waals surface area contributed by atoms with Crippen molar-refractivity contribution >= 4 is 52.2 Å². The normalized spacial score (nSPS) is 13.5. The van der Waals surface area contributed by atoms with Crippen molar-refractivity contribution in [3.05, 3.63) is 67.2 Å². The largest absolute Gasteiger partial charge is 0.308 e. The van der Waals surface area contributed by atoms with E-state index in [0.29, 0.717) is 26.9 Å². The van der Waals surface area contributed by atoms with Crippen molar-refractivity contribution in [2.24, 2.45) is 5.10 Å². The molecular weight excluding hydrogens is 407 g/mol. The Morgan fingerprint density at radius 2 is 2.00 bits per heavy atom. The third-order valence-electron chi connectivity index (χ3n) is 4.18. The van der Waals surface area contributed by atoms with Crippen LogP contribution in [0.4, 0.5) is 11.4 Å². The van der Waals surface area contributed by atoms with Crippen LogP contribution < -0.4 is 10.3 Å². The summed E-state index contributed by atoms with van der Waals surface area (Å²) in [7, 11) is 0. The van der Waals surface area contributed by atoms with Crippen LogP contribution in [0.3, 0.4) is 0 Å². The van der Waals surface area contributed by atoms with Gasteiger partial charge in [-0.25, -0.2) is 0 Å². The molecule has 28 heavy (non-hydrogen) atoms. The molecule has 0 unspecified atom stereocenters. The fraction of sp³-hybridized carbons (Fsp3) is 0.167. The number of nitrogens with zero attached hydrogens (tertiary/aromatic N) is 3. The Hall–Kier alpha value is -2.97. The molecule has 0 aliphatic carbocycles. The molecule has 0 atom stereocenters. The number of nitro groups is 1. The van der Waals surface area contributed by atoms with E-state index in [1.165, 1.54) is 18.2 Å². The molecule has 0 aromatic heterocycles. The molecule has 1 aliphatic rings. The molecule has 8 nitrogen and oxygen atoms in total. The lowest BCUT2D eigenvalue weighted by atomic mass is 10.1. The van der Waals surface area contributed by atoms with Crippen LogP contribution in [0.1, 0.15) is 27.9 Å². The lowest BCUT2D eigenvalue weighted by Crippen LogP contribution is -2.29. The molecule has 10 heteroatoms. The molecule has 1 N–H and O–H groups in total. The minimum Gasteiger partial charge on any atom is -0.308 e. The Labute approximate surface area is 169 Å². The van der Waals surface area contributed by atoms with E-state index < -0.39 is 10.8 Å². The van der Waals surface area contributed by atoms with Crippen LogP contribution in [0, 0.1) is 24.0 Å². The molecule has 0 spiro atoms. The number of carbonyl (C=O) groups excluding carboxylic acids is 2. The molecular formula is C18H14Cl2N4O4. The zero-order chi connectivity index (χ0) is 20.6. The summed E-state index contributed by atoms with van der Waals surface area (Å²) in [6.45, 7) is 3.47. The van der Waals surface area contributed by atoms with Crippen LogP contribution in [0.15, 0.2) is 35.4 Å². The van der Waals surface area contributed by atoms with Crippen LogP contribution in [-0.4, -0.2) is 22.6 Å². The highest BCUT2D eigenvalue weighted by Crippen LogP contribution is 2.38. The van der Waals surface area contributed by atoms with Gasteiger partial charge in [-0.15, -0.1) is 0 Å². The molecule has 1 heterocycles. The number of amidine groups is 1. The van der Waals surface area contributed by atoms with Gasteiger partial charge in [0.25, 0.3) is 17.5 Å². The zero-order valence-corrected chi connectivity index (χ0v) is 16.3. The summed E-state index contributed by atoms with van der Waals surface area (Å²) in [6, 6.07) is 6.94. The number of carbonyl (C=O) groups is 2. The van der Waals surface area contributed by atoms with E-state index >= 15 is 0 Å². The number of benzene rings is 2. The highest BCUT2D eigenvalue weighted by atomic mass is 35.5. The minimum absolute atomic E-state index is 0.0827. The predicted molar refractivity (Wildman–Crippen MR) is 106 cm³/mol. The van der Waals surface area contributed by atoms with Crippen molar-refractivity contribution in [2.45, 2.75) is 20.3 Å². The van der Waals surface area contributed by atoms with E-state index in [1.54, 1.807) is 19.9 Å². The SMILES string of the molecule is Cc1cc(Cl)c(C)c(Cl)c1N1N=C(NC(=O)c2cccc([N+](=O)[O-])c2)CC1=O. The Kier molecular flexibility index (Phi) is 5.35. The first-order valence-electron chi connectivity index (χ1n) is 8.10. The van der Waals surface area contributed by atoms with Crippen molar-refractivity contribution in [3.63, 3.8) is 0 Å². The van der Waals surface area contributed by atoms with E-state index in [2.05, 4.69) is 10.4 Å². The van der Waals surface area contributed by atoms with Gasteiger partial charge in [-0.3, -0.25) is 19.7 Å². The summed E-state index contributed by atoms with van der Waals surface area (Å²) in [5, 5.41) is 19.4. The van der Waals surface area contributed by atoms with Crippen molar-refractivity contribution in [1.82, 2.24) is 5.32 Å². The maximum Gasteiger partial charge on any atom is 0.270 e. The summed E-state index contributed by atoms with van der Waals surface area (Å²) >= 11 is 12.5. The van der Waals surface area contributed by atoms with Gasteiger partial charge in [0.05, 0.1) is 22.1 Å². The van der Waals surface area contributed by atoms with Gasteiger partial charge in [0.1, 0.15) is 5.84 Å². The van der Waals surface area contributed by atoms with Gasteiger partial charge in [-0.2, -0.15) is 10.1 Å². The molecule has 0 fully saturated rings. The number of nitro benzene ring substituents is 1. The van der Waals surface area contributed by atoms with Gasteiger partial charge < -0.3 is 5.32 Å². The van der Waals surface area contributed by atoms with Gasteiger partial charge in [-0.05, 0) is 37.1 Å². The third kappa shape index (κ3) is 3.69. The lowest BCUT2D eigenvalue weighted by Gasteiger charge is -2.18. The van der Waals surface area contributed by atoms with Crippen molar-refractivity contribution in [2.75, 3.05) is 5.01 Å². The van der Waals surface area contributed by atoms with Crippen molar-refractivity contribution in [3.8, 4) is 0 Å². The fourth-order valence-electron chi connectivity index (χ4n) is 2.72. The topological polar surface area (TPSA) is 105 Å². The monoisotopic (exact) mass is 420 g/mol. The molecule has 2 aromatic rings. The number of anilines is 1. The first-order valence-corrected chi connectivity index (χ1v) is 8.86. The first-order chi connectivity index (χ1) is 13.2. The Morgan fingerprint density at radius 3 is 2.68 bits per heavy atom. The number of nitrogens with one attached hydrogen (secondary N) is 1. The van der Waals surface area contributed by atoms with Crippen LogP contribution in [0.2, 0.25) is 10.0 Å². The molecule has 1 aliphatic heterocycles. The van der Waals surface area contributed by atoms with E-state index in [1.807, 2.05) is 0 Å². The standard InChI is InChI=1S/C18H14Cl2N4O4/c1-9-6-13(19)10(2)16(20)17(9)23-15(25)8-14(22-23)21-18(26)11-4-3-5-12(7-11)24(27)28/h3-7H,8H2,1-2H3,(H,21,22,26). The van der Waals surface area contributed by atoms with E-state index in [0.717, 1.165) is 11.1 Å². The molecule has 2 aromatic carbocycles. The number of halogens is 2. The minimum atomic E-state index is -0.604. The quantitative estimate of drug-likeness (QED) is 0.598. The van der Waals surface area contributed by atoms with Crippen molar-refractivity contribution in [1.29, 1.82) is 0 Å². The van der Waals surface area contributed by atoms with Crippen LogP contribution in [0.25, 0.3) is 0 Å². The van der Waals surface area contributed by atoms with Crippen LogP contribution >= 0.6 is 23.2 Å². The Bertz CT molecular complexity index is 1050. The average Bonchev–Trinajstić information content (AvgIpc) is 2.99. The number of amides is 2. The number of aryl methyl sites for hydroxylation is 1. The van der Waals surface area contributed by atoms with Crippen molar-refractivity contribution < 1.29 is 14.5 Å². The first kappa shape index (κ1) is 19.8. The van der Waals surface area contributed by atoms with Gasteiger partial charge in [0.15, 0.2) is 0 Å². The highest BCUT2D eigenvalue weighted by Gasteiger charge is 2.30. The predicted octanol–water partition coefficient (Wildman–Crippen LogP) is 4.00. The van der Waals surface area contributed by atoms with Gasteiger partial charge in [0.2, 0.25) is 0 Å². The maximum atomic E-state index is 12.4. The summed E-state index contributed by atoms with van der Waals surface area (Å²) in [4.78, 5) is 35.1. The second-order valence-electron chi connectivity index (χ2n) is 6.15. The number of hydrogen-bond donors (Lipinski definition) is 1. The summed E-state index contributed by atoms with van der Waals surface area (Å²) in [5.74, 6) is -0.863. The highest BCUT2D eigenvalue weighted by molar-refractivity contribution is 6.38. The van der Waals surface area contributed by atoms with Gasteiger partial charge in [0, 0.05) is 22.7 Å². The lowest BCUT2D eigenvalue weighted by molar-refractivity contribution is -0.384. The summed E-state index contributed by atoms with van der Waals surface area (Å²) in [6.07, 6.45) is -0.141. The van der Waals surface area contributed by atoms with Crippen LogP contribution in [-0.2, 0) is 4.79 Å². The molecule has 3 rings (SSSR count). The summed E-state index contributed by atoms with van der Waals surface area (Å²) < 4.78 is 0. The van der Waals surface area contributed by atoms with Gasteiger partial charge in [-0.1, -0.05) is 29.3 Å². The Morgan fingerprint density at radius 1 is 1.29 bits per heavy atom. The molecule has 0 saturated heterocycles. The second-order valence-corrected chi connectivity index (χ2v) is 6.94. The Balaban J connectivity index is 1.87. The number of non-ortho nitro benzene ring substituents is 1. The molecule has 2 amide bonds. The molecule has 0 radical (unpaired) electrons. The van der Waals surface area contributed by atoms with E-state index in [4.69, 9.17) is 23.2 Å². The maximum absolute atomic E-state index is 12.4. The fourth-order valence-corrected chi connectivity index (χ4v) is 3.36. The number of hydrazone groups is 1. The zero-order valence-electron chi connectivity index (χ0n) is 14.8. The van der Waals surface area contributed by atoms with E-state index in [9.17, 15) is 19.7 Å². The van der Waals surface area contributed by atoms with Crippen LogP contribution in [0.5, 0.6) is 0 Å². The molecule has 0 bridgehead atoms. The molecule has 0 saturated carbocycles. The smallest absolute Gasteiger partial charge is 0.270 e. The number of hydrogen-bond acceptors (Lipinski definition) is 5. The second kappa shape index (κ2) is 7.57. The van der Waals surface area contributed by atoms with E-state index in [-0.39, 0.29) is 29.4 Å². The summed E-state index contributed by atoms with van der Waals surface area (Å²) in [5.41, 5.74) is 1.54. The average molecular weight is 421 g/mol. The third-order valence-corrected chi connectivity index (χ3v) is 5.03.